The third-order valence-electron chi connectivity index (χ3n) is 11.2. The maximum atomic E-state index is 4.99. The lowest BCUT2D eigenvalue weighted by molar-refractivity contribution is 1.01. The van der Waals surface area contributed by atoms with E-state index in [0.29, 0.717) is 0 Å². The number of nitrogens with zero attached hydrogens (tertiary/aromatic N) is 4. The van der Waals surface area contributed by atoms with E-state index >= 15 is 0 Å². The molecule has 4 nitrogen and oxygen atoms in total. The maximum Gasteiger partial charge on any atom is 0.0794 e. The largest absolute Gasteiger partial charge is 0.344 e. The van der Waals surface area contributed by atoms with Gasteiger partial charge in [-0.05, 0) is 88.8 Å². The molecule has 0 atom stereocenters. The number of para-hydroxylation sites is 2. The molecule has 1 aliphatic carbocycles. The van der Waals surface area contributed by atoms with Crippen LogP contribution < -0.4 is 0 Å². The van der Waals surface area contributed by atoms with Crippen molar-refractivity contribution in [3.63, 3.8) is 0 Å². The van der Waals surface area contributed by atoms with E-state index < -0.39 is 0 Å². The summed E-state index contributed by atoms with van der Waals surface area (Å²) in [5.74, 6) is 0. The Kier molecular flexibility index (Phi) is 7.04. The Hall–Kier alpha value is -7.30. The average Bonchev–Trinajstić information content (AvgIpc) is 3.87. The van der Waals surface area contributed by atoms with Gasteiger partial charge in [-0.2, -0.15) is 0 Å². The van der Waals surface area contributed by atoms with Crippen molar-refractivity contribution in [3.8, 4) is 50.5 Å². The molecule has 0 radical (unpaired) electrons. The first-order valence-corrected chi connectivity index (χ1v) is 18.7. The van der Waals surface area contributed by atoms with Crippen LogP contribution in [-0.2, 0) is 7.05 Å². The molecule has 0 amide bonds. The zero-order valence-corrected chi connectivity index (χ0v) is 30.2. The maximum absolute atomic E-state index is 4.99. The predicted octanol–water partition coefficient (Wildman–Crippen LogP) is 13.0. The second-order valence-corrected chi connectivity index (χ2v) is 14.3. The molecule has 4 aromatic heterocycles. The number of aryl methyl sites for hydroxylation is 1. The van der Waals surface area contributed by atoms with Crippen LogP contribution in [0.5, 0.6) is 0 Å². The van der Waals surface area contributed by atoms with Gasteiger partial charge >= 0.3 is 0 Å². The Balaban J connectivity index is 0.000000539. The SMILES string of the molecule is Cn1c2ccc(-c3ccc4c(c3)c3ccccc3n4-c3ccccc3)cc2c2cc(-c3cc4c(cn3)-c3cccc5ccnc-4c35)ccc21.c1ccccc1. The van der Waals surface area contributed by atoms with Crippen LogP contribution in [0.25, 0.3) is 105 Å². The summed E-state index contributed by atoms with van der Waals surface area (Å²) in [6.45, 7) is 0. The van der Waals surface area contributed by atoms with Crippen molar-refractivity contribution in [2.75, 3.05) is 0 Å². The standard InChI is InChI=1S/C45H28N4.C6H6/c1-48-40-17-14-28(29-15-19-43-34(22-29)32-11-5-6-13-42(32)49(43)31-9-3-2-4-10-31)23-35(40)36-24-30(16-18-41(36)48)39-25-37-38(26-47-39)33-12-7-8-27-20-21-46-45(37)44(27)33;1-2-4-6-5-3-1/h2-26H,1H3;1-6H. The smallest absolute Gasteiger partial charge is 0.0794 e. The van der Waals surface area contributed by atoms with Crippen LogP contribution >= 0.6 is 0 Å². The lowest BCUT2D eigenvalue weighted by Gasteiger charge is -2.08. The van der Waals surface area contributed by atoms with E-state index in [-0.39, 0.29) is 0 Å². The third kappa shape index (κ3) is 4.92. The Morgan fingerprint density at radius 1 is 0.418 bits per heavy atom. The molecule has 258 valence electrons. The zero-order chi connectivity index (χ0) is 36.5. The number of benzene rings is 7. The molecule has 0 fully saturated rings. The molecule has 55 heavy (non-hydrogen) atoms. The van der Waals surface area contributed by atoms with Gasteiger partial charge in [-0.15, -0.1) is 0 Å². The van der Waals surface area contributed by atoms with Gasteiger partial charge in [0.05, 0.1) is 22.4 Å². The summed E-state index contributed by atoms with van der Waals surface area (Å²) in [6.07, 6.45) is 3.94. The van der Waals surface area contributed by atoms with Gasteiger partial charge in [0.1, 0.15) is 0 Å². The van der Waals surface area contributed by atoms with Gasteiger partial charge in [-0.3, -0.25) is 9.97 Å². The molecule has 11 aromatic rings. The molecule has 0 aliphatic heterocycles. The Morgan fingerprint density at radius 2 is 1.02 bits per heavy atom. The number of fused-ring (bicyclic) bond motifs is 9. The lowest BCUT2D eigenvalue weighted by Crippen LogP contribution is -1.92. The fraction of sp³-hybridized carbons (Fsp3) is 0.0196. The van der Waals surface area contributed by atoms with Crippen molar-refractivity contribution >= 4 is 54.4 Å². The summed E-state index contributed by atoms with van der Waals surface area (Å²) in [5.41, 5.74) is 15.1. The molecule has 0 unspecified atom stereocenters. The molecular formula is C51H34N4. The van der Waals surface area contributed by atoms with Crippen LogP contribution in [0, 0.1) is 0 Å². The first-order valence-electron chi connectivity index (χ1n) is 18.7. The van der Waals surface area contributed by atoms with Gasteiger partial charge in [0.25, 0.3) is 0 Å². The fourth-order valence-corrected chi connectivity index (χ4v) is 8.63. The minimum Gasteiger partial charge on any atom is -0.344 e. The quantitative estimate of drug-likeness (QED) is 0.184. The van der Waals surface area contributed by atoms with Crippen LogP contribution in [0.3, 0.4) is 0 Å². The molecule has 12 rings (SSSR count). The number of hydrogen-bond donors (Lipinski definition) is 0. The van der Waals surface area contributed by atoms with Gasteiger partial charge < -0.3 is 9.13 Å². The van der Waals surface area contributed by atoms with Gasteiger partial charge in [0, 0.05) is 79.8 Å². The summed E-state index contributed by atoms with van der Waals surface area (Å²) < 4.78 is 4.67. The molecule has 0 N–H and O–H groups in total. The lowest BCUT2D eigenvalue weighted by atomic mass is 9.99. The van der Waals surface area contributed by atoms with Crippen LogP contribution in [0.4, 0.5) is 0 Å². The van der Waals surface area contributed by atoms with Crippen molar-refractivity contribution in [2.45, 2.75) is 0 Å². The highest BCUT2D eigenvalue weighted by atomic mass is 15.0. The number of aromatic nitrogens is 4. The molecular weight excluding hydrogens is 669 g/mol. The van der Waals surface area contributed by atoms with Crippen molar-refractivity contribution in [2.24, 2.45) is 7.05 Å². The molecule has 1 aliphatic rings. The summed E-state index contributed by atoms with van der Waals surface area (Å²) in [6, 6.07) is 62.6. The van der Waals surface area contributed by atoms with Crippen molar-refractivity contribution < 1.29 is 0 Å². The van der Waals surface area contributed by atoms with Gasteiger partial charge in [-0.25, -0.2) is 0 Å². The van der Waals surface area contributed by atoms with Crippen molar-refractivity contribution in [1.82, 2.24) is 19.1 Å². The van der Waals surface area contributed by atoms with E-state index in [1.165, 1.54) is 76.8 Å². The molecule has 0 bridgehead atoms. The third-order valence-corrected chi connectivity index (χ3v) is 11.2. The van der Waals surface area contributed by atoms with E-state index in [2.05, 4.69) is 156 Å². The molecule has 0 spiro atoms. The second-order valence-electron chi connectivity index (χ2n) is 14.3. The number of rotatable bonds is 3. The second kappa shape index (κ2) is 12.4. The molecule has 0 saturated carbocycles. The van der Waals surface area contributed by atoms with E-state index in [0.717, 1.165) is 28.1 Å². The summed E-state index contributed by atoms with van der Waals surface area (Å²) in [7, 11) is 2.16. The fourth-order valence-electron chi connectivity index (χ4n) is 8.63. The van der Waals surface area contributed by atoms with E-state index in [4.69, 9.17) is 9.97 Å². The van der Waals surface area contributed by atoms with Gasteiger partial charge in [0.15, 0.2) is 0 Å². The molecule has 7 aromatic carbocycles. The summed E-state index contributed by atoms with van der Waals surface area (Å²) in [5, 5.41) is 7.42. The van der Waals surface area contributed by atoms with Crippen LogP contribution in [-0.4, -0.2) is 19.1 Å². The van der Waals surface area contributed by atoms with Gasteiger partial charge in [-0.1, -0.05) is 109 Å². The summed E-state index contributed by atoms with van der Waals surface area (Å²) >= 11 is 0. The van der Waals surface area contributed by atoms with Crippen LogP contribution in [0.1, 0.15) is 0 Å². The predicted molar refractivity (Wildman–Crippen MR) is 230 cm³/mol. The Bertz CT molecular complexity index is 3230. The van der Waals surface area contributed by atoms with Crippen molar-refractivity contribution in [1.29, 1.82) is 0 Å². The van der Waals surface area contributed by atoms with E-state index in [1.54, 1.807) is 0 Å². The highest BCUT2D eigenvalue weighted by Gasteiger charge is 2.24. The first kappa shape index (κ1) is 31.2. The van der Waals surface area contributed by atoms with E-state index in [9.17, 15) is 0 Å². The monoisotopic (exact) mass is 702 g/mol. The first-order chi connectivity index (χ1) is 27.2. The minimum atomic E-state index is 0.959. The highest BCUT2D eigenvalue weighted by Crippen LogP contribution is 2.47. The number of hydrogen-bond acceptors (Lipinski definition) is 2. The Morgan fingerprint density at radius 3 is 1.76 bits per heavy atom. The van der Waals surface area contributed by atoms with E-state index in [1.807, 2.05) is 48.8 Å². The molecule has 4 heteroatoms. The number of pyridine rings is 2. The summed E-state index contributed by atoms with van der Waals surface area (Å²) in [4.78, 5) is 9.80. The van der Waals surface area contributed by atoms with Crippen LogP contribution in [0.2, 0.25) is 0 Å². The molecule has 0 saturated heterocycles. The zero-order valence-electron chi connectivity index (χ0n) is 30.2. The average molecular weight is 703 g/mol. The molecule has 4 heterocycles. The van der Waals surface area contributed by atoms with Crippen LogP contribution in [0.15, 0.2) is 188 Å². The highest BCUT2D eigenvalue weighted by molar-refractivity contribution is 6.15. The topological polar surface area (TPSA) is 35.6 Å². The normalized spacial score (nSPS) is 11.7. The van der Waals surface area contributed by atoms with Gasteiger partial charge in [0.2, 0.25) is 0 Å². The minimum absolute atomic E-state index is 0.959. The van der Waals surface area contributed by atoms with Crippen molar-refractivity contribution in [3.05, 3.63) is 188 Å². The Labute approximate surface area is 318 Å².